The number of carboxylic acid groups (broad SMARTS) is 1. The molecular formula is C10H13NO4S. The number of carboxylic acids is 1. The van der Waals surface area contributed by atoms with Crippen molar-refractivity contribution >= 4 is 23.2 Å². The number of carbonyl (C=O) groups is 2. The smallest absolute Gasteiger partial charge is 0.349 e. The van der Waals surface area contributed by atoms with Gasteiger partial charge in [0.2, 0.25) is 0 Å². The first-order valence-electron chi connectivity index (χ1n) is 4.85. The first-order chi connectivity index (χ1) is 7.65. The molecule has 0 spiro atoms. The number of aromatic carboxylic acids is 1. The largest absolute Gasteiger partial charge is 0.482 e. The summed E-state index contributed by atoms with van der Waals surface area (Å²) in [7, 11) is 0. The van der Waals surface area contributed by atoms with E-state index in [4.69, 9.17) is 9.84 Å². The van der Waals surface area contributed by atoms with Crippen molar-refractivity contribution in [2.75, 3.05) is 13.2 Å². The molecule has 0 aromatic carbocycles. The SMILES string of the molecule is CCCNC(=O)COc1ccsc1C(=O)O. The molecule has 5 nitrogen and oxygen atoms in total. The highest BCUT2D eigenvalue weighted by Gasteiger charge is 2.13. The highest BCUT2D eigenvalue weighted by Crippen LogP contribution is 2.24. The number of carbonyl (C=O) groups excluding carboxylic acids is 1. The second-order valence-corrected chi connectivity index (χ2v) is 3.97. The number of hydrogen-bond donors (Lipinski definition) is 2. The molecule has 6 heteroatoms. The van der Waals surface area contributed by atoms with Crippen LogP contribution in [0, 0.1) is 0 Å². The molecule has 16 heavy (non-hydrogen) atoms. The van der Waals surface area contributed by atoms with E-state index in [1.54, 1.807) is 11.4 Å². The number of amides is 1. The Hall–Kier alpha value is -1.56. The summed E-state index contributed by atoms with van der Waals surface area (Å²) in [6, 6.07) is 1.54. The maximum Gasteiger partial charge on any atom is 0.349 e. The lowest BCUT2D eigenvalue weighted by Gasteiger charge is -2.05. The minimum Gasteiger partial charge on any atom is -0.482 e. The third-order valence-corrected chi connectivity index (χ3v) is 2.64. The highest BCUT2D eigenvalue weighted by atomic mass is 32.1. The normalized spacial score (nSPS) is 9.81. The van der Waals surface area contributed by atoms with Crippen LogP contribution in [0.5, 0.6) is 5.75 Å². The Morgan fingerprint density at radius 1 is 1.56 bits per heavy atom. The van der Waals surface area contributed by atoms with Crippen LogP contribution in [0.4, 0.5) is 0 Å². The zero-order valence-electron chi connectivity index (χ0n) is 8.86. The van der Waals surface area contributed by atoms with Gasteiger partial charge in [-0.05, 0) is 17.9 Å². The van der Waals surface area contributed by atoms with Crippen LogP contribution in [0.1, 0.15) is 23.0 Å². The van der Waals surface area contributed by atoms with Crippen LogP contribution in [0.25, 0.3) is 0 Å². The van der Waals surface area contributed by atoms with Crippen molar-refractivity contribution in [2.24, 2.45) is 0 Å². The molecule has 0 saturated heterocycles. The first kappa shape index (κ1) is 12.5. The lowest BCUT2D eigenvalue weighted by atomic mass is 10.4. The zero-order valence-corrected chi connectivity index (χ0v) is 9.67. The fourth-order valence-electron chi connectivity index (χ4n) is 1.03. The Labute approximate surface area is 97.0 Å². The molecule has 0 aliphatic carbocycles. The maximum absolute atomic E-state index is 11.2. The van der Waals surface area contributed by atoms with Crippen molar-refractivity contribution < 1.29 is 19.4 Å². The molecule has 0 fully saturated rings. The molecule has 0 bridgehead atoms. The Kier molecular flexibility index (Phi) is 4.78. The third kappa shape index (κ3) is 3.54. The molecule has 0 aliphatic heterocycles. The molecule has 0 atom stereocenters. The summed E-state index contributed by atoms with van der Waals surface area (Å²) in [4.78, 5) is 22.0. The number of hydrogen-bond acceptors (Lipinski definition) is 4. The van der Waals surface area contributed by atoms with E-state index < -0.39 is 5.97 Å². The van der Waals surface area contributed by atoms with Gasteiger partial charge < -0.3 is 15.2 Å². The van der Waals surface area contributed by atoms with E-state index in [-0.39, 0.29) is 23.1 Å². The van der Waals surface area contributed by atoms with Crippen LogP contribution >= 0.6 is 11.3 Å². The van der Waals surface area contributed by atoms with Crippen molar-refractivity contribution in [3.8, 4) is 5.75 Å². The minimum absolute atomic E-state index is 0.114. The van der Waals surface area contributed by atoms with E-state index in [1.807, 2.05) is 6.92 Å². The van der Waals surface area contributed by atoms with Crippen LogP contribution in [0.3, 0.4) is 0 Å². The molecule has 1 rings (SSSR count). The Morgan fingerprint density at radius 2 is 2.31 bits per heavy atom. The van der Waals surface area contributed by atoms with E-state index >= 15 is 0 Å². The van der Waals surface area contributed by atoms with Gasteiger partial charge in [-0.3, -0.25) is 4.79 Å². The molecule has 0 unspecified atom stereocenters. The Bertz CT molecular complexity index is 375. The van der Waals surface area contributed by atoms with Gasteiger partial charge in [0.1, 0.15) is 5.75 Å². The minimum atomic E-state index is -1.04. The number of thiophene rings is 1. The fourth-order valence-corrected chi connectivity index (χ4v) is 1.70. The third-order valence-electron chi connectivity index (χ3n) is 1.75. The van der Waals surface area contributed by atoms with Crippen LogP contribution in [-0.4, -0.2) is 30.1 Å². The lowest BCUT2D eigenvalue weighted by molar-refractivity contribution is -0.123. The van der Waals surface area contributed by atoms with Crippen molar-refractivity contribution in [3.05, 3.63) is 16.3 Å². The van der Waals surface area contributed by atoms with Crippen molar-refractivity contribution in [1.29, 1.82) is 0 Å². The first-order valence-corrected chi connectivity index (χ1v) is 5.73. The molecular weight excluding hydrogens is 230 g/mol. The summed E-state index contributed by atoms with van der Waals surface area (Å²) in [5, 5.41) is 13.0. The van der Waals surface area contributed by atoms with Gasteiger partial charge in [-0.15, -0.1) is 11.3 Å². The summed E-state index contributed by atoms with van der Waals surface area (Å²) in [5.74, 6) is -1.05. The average molecular weight is 243 g/mol. The molecule has 88 valence electrons. The standard InChI is InChI=1S/C10H13NO4S/c1-2-4-11-8(12)6-15-7-3-5-16-9(7)10(13)14/h3,5H,2,4,6H2,1H3,(H,11,12)(H,13,14). The molecule has 0 saturated carbocycles. The predicted molar refractivity (Wildman–Crippen MR) is 60.1 cm³/mol. The fraction of sp³-hybridized carbons (Fsp3) is 0.400. The zero-order chi connectivity index (χ0) is 12.0. The molecule has 2 N–H and O–H groups in total. The maximum atomic E-state index is 11.2. The second kappa shape index (κ2) is 6.12. The van der Waals surface area contributed by atoms with Gasteiger partial charge >= 0.3 is 5.97 Å². The van der Waals surface area contributed by atoms with Gasteiger partial charge in [-0.1, -0.05) is 6.92 Å². The van der Waals surface area contributed by atoms with Crippen molar-refractivity contribution in [3.63, 3.8) is 0 Å². The summed E-state index contributed by atoms with van der Waals surface area (Å²) in [5.41, 5.74) is 0. The highest BCUT2D eigenvalue weighted by molar-refractivity contribution is 7.12. The van der Waals surface area contributed by atoms with E-state index in [2.05, 4.69) is 5.32 Å². The van der Waals surface area contributed by atoms with E-state index in [1.165, 1.54) is 0 Å². The molecule has 1 aromatic rings. The van der Waals surface area contributed by atoms with Gasteiger partial charge in [0.15, 0.2) is 11.5 Å². The summed E-state index contributed by atoms with van der Waals surface area (Å²) in [6.45, 7) is 2.39. The Morgan fingerprint density at radius 3 is 2.94 bits per heavy atom. The molecule has 0 aliphatic rings. The van der Waals surface area contributed by atoms with Gasteiger partial charge in [-0.2, -0.15) is 0 Å². The van der Waals surface area contributed by atoms with Gasteiger partial charge in [0.25, 0.3) is 5.91 Å². The van der Waals surface area contributed by atoms with Crippen LogP contribution < -0.4 is 10.1 Å². The van der Waals surface area contributed by atoms with Crippen molar-refractivity contribution in [2.45, 2.75) is 13.3 Å². The summed E-state index contributed by atoms with van der Waals surface area (Å²) >= 11 is 1.07. The number of rotatable bonds is 6. The van der Waals surface area contributed by atoms with Crippen molar-refractivity contribution in [1.82, 2.24) is 5.32 Å². The monoisotopic (exact) mass is 243 g/mol. The van der Waals surface area contributed by atoms with Crippen LogP contribution in [0.2, 0.25) is 0 Å². The van der Waals surface area contributed by atoms with Gasteiger partial charge in [0.05, 0.1) is 0 Å². The van der Waals surface area contributed by atoms with Gasteiger partial charge in [-0.25, -0.2) is 4.79 Å². The molecule has 0 radical (unpaired) electrons. The number of ether oxygens (including phenoxy) is 1. The molecule has 1 aromatic heterocycles. The second-order valence-electron chi connectivity index (χ2n) is 3.06. The van der Waals surface area contributed by atoms with Gasteiger partial charge in [0, 0.05) is 6.54 Å². The quantitative estimate of drug-likeness (QED) is 0.790. The molecule has 1 amide bonds. The summed E-state index contributed by atoms with van der Waals surface area (Å²) < 4.78 is 5.11. The molecule has 1 heterocycles. The van der Waals surface area contributed by atoms with Crippen LogP contribution in [-0.2, 0) is 4.79 Å². The van der Waals surface area contributed by atoms with Crippen LogP contribution in [0.15, 0.2) is 11.4 Å². The average Bonchev–Trinajstić information content (AvgIpc) is 2.71. The predicted octanol–water partition coefficient (Wildman–Crippen LogP) is 1.35. The van der Waals surface area contributed by atoms with E-state index in [0.717, 1.165) is 17.8 Å². The topological polar surface area (TPSA) is 75.6 Å². The van der Waals surface area contributed by atoms with E-state index in [0.29, 0.717) is 6.54 Å². The Balaban J connectivity index is 2.45. The lowest BCUT2D eigenvalue weighted by Crippen LogP contribution is -2.29. The summed E-state index contributed by atoms with van der Waals surface area (Å²) in [6.07, 6.45) is 0.852. The van der Waals surface area contributed by atoms with E-state index in [9.17, 15) is 9.59 Å². The number of nitrogens with one attached hydrogen (secondary N) is 1.